The van der Waals surface area contributed by atoms with Crippen molar-refractivity contribution in [3.8, 4) is 11.6 Å². The summed E-state index contributed by atoms with van der Waals surface area (Å²) in [4.78, 5) is 41.0. The summed E-state index contributed by atoms with van der Waals surface area (Å²) in [7, 11) is 1.56. The maximum absolute atomic E-state index is 12.8. The fourth-order valence-electron chi connectivity index (χ4n) is 4.08. The third kappa shape index (κ3) is 5.09. The van der Waals surface area contributed by atoms with Gasteiger partial charge < -0.3 is 20.1 Å². The normalized spacial score (nSPS) is 13.0. The molecule has 2 amide bonds. The number of aromatic nitrogens is 1. The second kappa shape index (κ2) is 9.91. The molecule has 0 unspecified atom stereocenters. The van der Waals surface area contributed by atoms with E-state index in [1.165, 1.54) is 0 Å². The third-order valence-electron chi connectivity index (χ3n) is 5.62. The molecule has 172 valence electrons. The van der Waals surface area contributed by atoms with E-state index in [2.05, 4.69) is 10.3 Å². The lowest BCUT2D eigenvalue weighted by Gasteiger charge is -2.32. The van der Waals surface area contributed by atoms with E-state index in [9.17, 15) is 19.5 Å². The first kappa shape index (κ1) is 22.6. The van der Waals surface area contributed by atoms with Crippen LogP contribution >= 0.6 is 11.3 Å². The predicted octanol–water partition coefficient (Wildman–Crippen LogP) is 3.44. The van der Waals surface area contributed by atoms with Crippen molar-refractivity contribution in [2.75, 3.05) is 23.9 Å². The van der Waals surface area contributed by atoms with Crippen LogP contribution in [-0.4, -0.2) is 35.6 Å². The Kier molecular flexibility index (Phi) is 6.79. The van der Waals surface area contributed by atoms with Gasteiger partial charge in [-0.3, -0.25) is 19.4 Å². The highest BCUT2D eigenvalue weighted by Crippen LogP contribution is 2.40. The Morgan fingerprint density at radius 3 is 2.67 bits per heavy atom. The van der Waals surface area contributed by atoms with Crippen LogP contribution in [0.15, 0.2) is 47.3 Å². The van der Waals surface area contributed by atoms with Gasteiger partial charge >= 0.3 is 4.87 Å². The highest BCUT2D eigenvalue weighted by Gasteiger charge is 2.29. The topological polar surface area (TPSA) is 112 Å². The first-order valence-electron chi connectivity index (χ1n) is 10.7. The van der Waals surface area contributed by atoms with Crippen LogP contribution in [-0.2, 0) is 22.4 Å². The largest absolute Gasteiger partial charge is 0.495 e. The van der Waals surface area contributed by atoms with E-state index in [0.717, 1.165) is 28.2 Å². The molecule has 0 saturated carbocycles. The Morgan fingerprint density at radius 1 is 1.18 bits per heavy atom. The number of hydrogen-bond donors (Lipinski definition) is 3. The van der Waals surface area contributed by atoms with E-state index >= 15 is 0 Å². The summed E-state index contributed by atoms with van der Waals surface area (Å²) in [5, 5.41) is 12.9. The molecular formula is C24H25N3O5S. The maximum atomic E-state index is 12.8. The lowest BCUT2D eigenvalue weighted by Crippen LogP contribution is -2.37. The second-order valence-corrected chi connectivity index (χ2v) is 8.85. The lowest BCUT2D eigenvalue weighted by atomic mass is 9.93. The quantitative estimate of drug-likeness (QED) is 0.470. The Labute approximate surface area is 194 Å². The molecule has 1 aromatic heterocycles. The SMILES string of the molecule is COc1ccc(Cc2sc(=O)[nH]c2O)c2c1N(CCCC(=O)Nc1ccccc1)C(=O)CC2. The summed E-state index contributed by atoms with van der Waals surface area (Å²) in [6.45, 7) is 0.386. The standard InChI is InChI=1S/C24H25N3O5S/c1-32-18-11-9-15(14-19-23(30)26-24(31)33-19)17-10-12-21(29)27(22(17)18)13-5-8-20(28)25-16-6-3-2-4-7-16/h2-4,6-7,9,11,30H,5,8,10,12-14H2,1H3,(H,25,28)(H,26,31). The predicted molar refractivity (Wildman–Crippen MR) is 127 cm³/mol. The van der Waals surface area contributed by atoms with E-state index in [1.54, 1.807) is 18.1 Å². The number of fused-ring (bicyclic) bond motifs is 1. The zero-order valence-electron chi connectivity index (χ0n) is 18.2. The molecule has 0 radical (unpaired) electrons. The minimum atomic E-state index is -0.310. The van der Waals surface area contributed by atoms with Gasteiger partial charge in [0.2, 0.25) is 17.7 Å². The molecule has 0 fully saturated rings. The highest BCUT2D eigenvalue weighted by atomic mass is 32.1. The molecule has 3 N–H and O–H groups in total. The number of aromatic hydroxyl groups is 1. The van der Waals surface area contributed by atoms with Crippen molar-refractivity contribution in [1.82, 2.24) is 4.98 Å². The maximum Gasteiger partial charge on any atom is 0.307 e. The zero-order valence-corrected chi connectivity index (χ0v) is 19.0. The number of ether oxygens (including phenoxy) is 1. The Morgan fingerprint density at radius 2 is 1.97 bits per heavy atom. The molecule has 1 aliphatic heterocycles. The van der Waals surface area contributed by atoms with E-state index in [0.29, 0.717) is 48.5 Å². The molecule has 0 spiro atoms. The van der Waals surface area contributed by atoms with E-state index < -0.39 is 0 Å². The molecule has 8 nitrogen and oxygen atoms in total. The van der Waals surface area contributed by atoms with Gasteiger partial charge in [-0.25, -0.2) is 0 Å². The van der Waals surface area contributed by atoms with Crippen molar-refractivity contribution >= 4 is 34.5 Å². The Bertz CT molecular complexity index is 1220. The fraction of sp³-hybridized carbons (Fsp3) is 0.292. The van der Waals surface area contributed by atoms with Gasteiger partial charge in [-0.15, -0.1) is 0 Å². The van der Waals surface area contributed by atoms with Crippen molar-refractivity contribution in [1.29, 1.82) is 0 Å². The number of para-hydroxylation sites is 1. The molecule has 0 bridgehead atoms. The summed E-state index contributed by atoms with van der Waals surface area (Å²) in [6, 6.07) is 13.0. The van der Waals surface area contributed by atoms with Gasteiger partial charge in [0.05, 0.1) is 17.7 Å². The van der Waals surface area contributed by atoms with Crippen LogP contribution in [0.3, 0.4) is 0 Å². The summed E-state index contributed by atoms with van der Waals surface area (Å²) in [6.07, 6.45) is 2.05. The van der Waals surface area contributed by atoms with Gasteiger partial charge in [-0.2, -0.15) is 0 Å². The molecular weight excluding hydrogens is 442 g/mol. The summed E-state index contributed by atoms with van der Waals surface area (Å²) in [5.41, 5.74) is 3.33. The number of amides is 2. The van der Waals surface area contributed by atoms with Crippen molar-refractivity contribution in [3.63, 3.8) is 0 Å². The zero-order chi connectivity index (χ0) is 23.4. The molecule has 2 aromatic carbocycles. The number of anilines is 2. The number of benzene rings is 2. The Hall–Kier alpha value is -3.59. The van der Waals surface area contributed by atoms with Gasteiger partial charge in [0.15, 0.2) is 0 Å². The Balaban J connectivity index is 1.52. The van der Waals surface area contributed by atoms with Crippen LogP contribution in [0.25, 0.3) is 0 Å². The van der Waals surface area contributed by atoms with E-state index in [1.807, 2.05) is 36.4 Å². The van der Waals surface area contributed by atoms with Crippen LogP contribution in [0.4, 0.5) is 11.4 Å². The summed E-state index contributed by atoms with van der Waals surface area (Å²) < 4.78 is 5.55. The molecule has 1 aliphatic rings. The van der Waals surface area contributed by atoms with Gasteiger partial charge in [0, 0.05) is 31.5 Å². The number of rotatable bonds is 8. The fourth-order valence-corrected chi connectivity index (χ4v) is 4.82. The molecule has 0 aliphatic carbocycles. The number of carbonyl (C=O) groups excluding carboxylic acids is 2. The van der Waals surface area contributed by atoms with Gasteiger partial charge in [-0.1, -0.05) is 35.6 Å². The molecule has 2 heterocycles. The monoisotopic (exact) mass is 467 g/mol. The van der Waals surface area contributed by atoms with E-state index in [-0.39, 0.29) is 29.0 Å². The van der Waals surface area contributed by atoms with Gasteiger partial charge in [0.1, 0.15) is 5.75 Å². The van der Waals surface area contributed by atoms with Crippen LogP contribution in [0.2, 0.25) is 0 Å². The number of methoxy groups -OCH3 is 1. The molecule has 9 heteroatoms. The third-order valence-corrected chi connectivity index (χ3v) is 6.49. The van der Waals surface area contributed by atoms with Crippen LogP contribution in [0.5, 0.6) is 11.6 Å². The first-order chi connectivity index (χ1) is 16.0. The summed E-state index contributed by atoms with van der Waals surface area (Å²) in [5.74, 6) is 0.338. The molecule has 3 aromatic rings. The van der Waals surface area contributed by atoms with Crippen LogP contribution in [0.1, 0.15) is 35.3 Å². The number of nitrogens with zero attached hydrogens (tertiary/aromatic N) is 1. The average molecular weight is 468 g/mol. The van der Waals surface area contributed by atoms with Crippen LogP contribution in [0, 0.1) is 0 Å². The molecule has 4 rings (SSSR count). The lowest BCUT2D eigenvalue weighted by molar-refractivity contribution is -0.119. The second-order valence-electron chi connectivity index (χ2n) is 7.78. The minimum Gasteiger partial charge on any atom is -0.495 e. The number of hydrogen-bond acceptors (Lipinski definition) is 6. The van der Waals surface area contributed by atoms with Crippen molar-refractivity contribution in [2.24, 2.45) is 0 Å². The number of carbonyl (C=O) groups is 2. The average Bonchev–Trinajstić information content (AvgIpc) is 3.12. The molecule has 0 atom stereocenters. The summed E-state index contributed by atoms with van der Waals surface area (Å²) >= 11 is 0.972. The molecule has 0 saturated heterocycles. The number of aromatic amines is 1. The van der Waals surface area contributed by atoms with Crippen molar-refractivity contribution in [3.05, 3.63) is 68.1 Å². The van der Waals surface area contributed by atoms with Crippen molar-refractivity contribution in [2.45, 2.75) is 32.1 Å². The number of thiazole rings is 1. The number of nitrogens with one attached hydrogen (secondary N) is 2. The molecule has 33 heavy (non-hydrogen) atoms. The van der Waals surface area contributed by atoms with Crippen molar-refractivity contribution < 1.29 is 19.4 Å². The highest BCUT2D eigenvalue weighted by molar-refractivity contribution is 7.09. The van der Waals surface area contributed by atoms with Crippen LogP contribution < -0.4 is 19.8 Å². The smallest absolute Gasteiger partial charge is 0.307 e. The number of H-pyrrole nitrogens is 1. The first-order valence-corrected chi connectivity index (χ1v) is 11.5. The van der Waals surface area contributed by atoms with Gasteiger partial charge in [-0.05, 0) is 42.2 Å². The van der Waals surface area contributed by atoms with Gasteiger partial charge in [0.25, 0.3) is 0 Å². The minimum absolute atomic E-state index is 0.0180. The van der Waals surface area contributed by atoms with E-state index in [4.69, 9.17) is 4.74 Å².